The van der Waals surface area contributed by atoms with Crippen molar-refractivity contribution in [3.05, 3.63) is 36.2 Å². The Labute approximate surface area is 126 Å². The average Bonchev–Trinajstić information content (AvgIpc) is 3.21. The van der Waals surface area contributed by atoms with Gasteiger partial charge in [0, 0.05) is 6.04 Å². The number of carbonyl (C=O) groups is 2. The summed E-state index contributed by atoms with van der Waals surface area (Å²) in [6, 6.07) is 9.37. The molecule has 2 fully saturated rings. The van der Waals surface area contributed by atoms with Crippen molar-refractivity contribution in [2.24, 2.45) is 0 Å². The number of nitrogens with zero attached hydrogens (tertiary/aromatic N) is 6. The van der Waals surface area contributed by atoms with Crippen molar-refractivity contribution >= 4 is 11.9 Å². The van der Waals surface area contributed by atoms with Crippen LogP contribution in [-0.2, 0) is 11.3 Å². The van der Waals surface area contributed by atoms with Gasteiger partial charge in [-0.25, -0.2) is 4.79 Å². The lowest BCUT2D eigenvalue weighted by atomic mass is 10.3. The molecule has 2 aliphatic rings. The van der Waals surface area contributed by atoms with Crippen LogP contribution in [0.4, 0.5) is 4.79 Å². The van der Waals surface area contributed by atoms with E-state index < -0.39 is 0 Å². The van der Waals surface area contributed by atoms with E-state index in [0.717, 1.165) is 18.5 Å². The molecule has 1 saturated heterocycles. The number of urea groups is 1. The first-order valence-electron chi connectivity index (χ1n) is 7.17. The van der Waals surface area contributed by atoms with Crippen molar-refractivity contribution in [2.45, 2.75) is 25.4 Å². The normalized spacial score (nSPS) is 18.4. The molecule has 1 aliphatic carbocycles. The van der Waals surface area contributed by atoms with Crippen LogP contribution in [0.5, 0.6) is 0 Å². The maximum atomic E-state index is 12.3. The van der Waals surface area contributed by atoms with Crippen molar-refractivity contribution in [1.29, 1.82) is 0 Å². The van der Waals surface area contributed by atoms with Gasteiger partial charge in [-0.15, -0.1) is 5.10 Å². The number of rotatable bonds is 4. The van der Waals surface area contributed by atoms with Crippen molar-refractivity contribution < 1.29 is 9.59 Å². The van der Waals surface area contributed by atoms with Crippen molar-refractivity contribution in [1.82, 2.24) is 30.0 Å². The lowest BCUT2D eigenvalue weighted by molar-refractivity contribution is -0.125. The molecule has 112 valence electrons. The van der Waals surface area contributed by atoms with Gasteiger partial charge in [0.15, 0.2) is 5.82 Å². The molecule has 1 aromatic carbocycles. The quantitative estimate of drug-likeness (QED) is 0.771. The zero-order chi connectivity index (χ0) is 15.1. The average molecular weight is 298 g/mol. The van der Waals surface area contributed by atoms with Crippen LogP contribution in [0.25, 0.3) is 5.69 Å². The summed E-state index contributed by atoms with van der Waals surface area (Å²) in [5.41, 5.74) is 0.792. The van der Waals surface area contributed by atoms with Gasteiger partial charge in [0.1, 0.15) is 6.54 Å². The largest absolute Gasteiger partial charge is 0.327 e. The molecule has 0 atom stereocenters. The fourth-order valence-corrected chi connectivity index (χ4v) is 2.60. The zero-order valence-corrected chi connectivity index (χ0v) is 11.8. The molecule has 1 saturated carbocycles. The molecule has 0 spiro atoms. The standard InChI is InChI=1S/C14H14N6O2/c21-13-9-18(10-6-7-10)14(22)19(13)8-12-15-16-17-20(12)11-4-2-1-3-5-11/h1-5,10H,6-9H2. The second-order valence-electron chi connectivity index (χ2n) is 5.46. The predicted octanol–water partition coefficient (Wildman–Crippen LogP) is 0.589. The van der Waals surface area contributed by atoms with Gasteiger partial charge in [0.2, 0.25) is 0 Å². The fourth-order valence-electron chi connectivity index (χ4n) is 2.60. The molecule has 8 nitrogen and oxygen atoms in total. The van der Waals surface area contributed by atoms with E-state index in [1.54, 1.807) is 9.58 Å². The summed E-state index contributed by atoms with van der Waals surface area (Å²) in [6.07, 6.45) is 1.96. The summed E-state index contributed by atoms with van der Waals surface area (Å²) in [4.78, 5) is 27.3. The highest BCUT2D eigenvalue weighted by Crippen LogP contribution is 2.30. The fraction of sp³-hybridized carbons (Fsp3) is 0.357. The molecule has 0 unspecified atom stereocenters. The van der Waals surface area contributed by atoms with E-state index in [2.05, 4.69) is 15.5 Å². The molecule has 3 amide bonds. The molecule has 8 heteroatoms. The molecule has 1 aliphatic heterocycles. The summed E-state index contributed by atoms with van der Waals surface area (Å²) < 4.78 is 1.54. The monoisotopic (exact) mass is 298 g/mol. The molecule has 0 N–H and O–H groups in total. The molecule has 2 aromatic rings. The second kappa shape index (κ2) is 4.90. The van der Waals surface area contributed by atoms with Gasteiger partial charge in [-0.3, -0.25) is 9.69 Å². The van der Waals surface area contributed by atoms with Crippen LogP contribution in [0.3, 0.4) is 0 Å². The van der Waals surface area contributed by atoms with E-state index >= 15 is 0 Å². The molecular weight excluding hydrogens is 284 g/mol. The first-order valence-corrected chi connectivity index (χ1v) is 7.17. The van der Waals surface area contributed by atoms with Gasteiger partial charge < -0.3 is 4.90 Å². The van der Waals surface area contributed by atoms with Gasteiger partial charge in [0.05, 0.1) is 12.2 Å². The SMILES string of the molecule is O=C1CN(C2CC2)C(=O)N1Cc1nnnn1-c1ccccc1. The molecule has 2 heterocycles. The Kier molecular flexibility index (Phi) is 2.88. The highest BCUT2D eigenvalue weighted by atomic mass is 16.2. The summed E-state index contributed by atoms with van der Waals surface area (Å²) in [7, 11) is 0. The van der Waals surface area contributed by atoms with Gasteiger partial charge in [-0.1, -0.05) is 18.2 Å². The molecule has 0 bridgehead atoms. The smallest absolute Gasteiger partial charge is 0.312 e. The summed E-state index contributed by atoms with van der Waals surface area (Å²) >= 11 is 0. The number of aromatic nitrogens is 4. The number of amides is 3. The second-order valence-corrected chi connectivity index (χ2v) is 5.46. The van der Waals surface area contributed by atoms with Crippen LogP contribution in [-0.4, -0.2) is 54.5 Å². The highest BCUT2D eigenvalue weighted by Gasteiger charge is 2.44. The van der Waals surface area contributed by atoms with Crippen molar-refractivity contribution in [3.63, 3.8) is 0 Å². The molecule has 0 radical (unpaired) electrons. The van der Waals surface area contributed by atoms with Crippen LogP contribution in [0.1, 0.15) is 18.7 Å². The van der Waals surface area contributed by atoms with Crippen LogP contribution < -0.4 is 0 Å². The first-order chi connectivity index (χ1) is 10.7. The van der Waals surface area contributed by atoms with Gasteiger partial charge in [-0.05, 0) is 35.4 Å². The number of carbonyl (C=O) groups excluding carboxylic acids is 2. The molecule has 4 rings (SSSR count). The number of hydrogen-bond acceptors (Lipinski definition) is 5. The van der Waals surface area contributed by atoms with Crippen molar-refractivity contribution in [2.75, 3.05) is 6.54 Å². The third-order valence-corrected chi connectivity index (χ3v) is 3.91. The van der Waals surface area contributed by atoms with Crippen LogP contribution in [0.2, 0.25) is 0 Å². The number of para-hydroxylation sites is 1. The lowest BCUT2D eigenvalue weighted by Crippen LogP contribution is -2.34. The molecule has 1 aromatic heterocycles. The maximum Gasteiger partial charge on any atom is 0.327 e. The van der Waals surface area contributed by atoms with Crippen LogP contribution >= 0.6 is 0 Å². The Bertz CT molecular complexity index is 724. The van der Waals surface area contributed by atoms with Gasteiger partial charge >= 0.3 is 6.03 Å². The Morgan fingerprint density at radius 1 is 1.14 bits per heavy atom. The Morgan fingerprint density at radius 3 is 2.64 bits per heavy atom. The Hall–Kier alpha value is -2.77. The van der Waals surface area contributed by atoms with E-state index in [0.29, 0.717) is 5.82 Å². The topological polar surface area (TPSA) is 84.2 Å². The Balaban J connectivity index is 1.58. The number of imide groups is 1. The van der Waals surface area contributed by atoms with Crippen LogP contribution in [0, 0.1) is 0 Å². The van der Waals surface area contributed by atoms with E-state index in [9.17, 15) is 9.59 Å². The lowest BCUT2D eigenvalue weighted by Gasteiger charge is -2.16. The highest BCUT2D eigenvalue weighted by molar-refractivity contribution is 6.02. The molecule has 22 heavy (non-hydrogen) atoms. The summed E-state index contributed by atoms with van der Waals surface area (Å²) in [6.45, 7) is 0.249. The van der Waals surface area contributed by atoms with Gasteiger partial charge in [-0.2, -0.15) is 4.68 Å². The predicted molar refractivity (Wildman–Crippen MR) is 74.8 cm³/mol. The first kappa shape index (κ1) is 12.9. The van der Waals surface area contributed by atoms with E-state index in [-0.39, 0.29) is 31.1 Å². The van der Waals surface area contributed by atoms with Gasteiger partial charge in [0.25, 0.3) is 5.91 Å². The third-order valence-electron chi connectivity index (χ3n) is 3.91. The minimum absolute atomic E-state index is 0.0861. The molecular formula is C14H14N6O2. The Morgan fingerprint density at radius 2 is 1.91 bits per heavy atom. The number of hydrogen-bond donors (Lipinski definition) is 0. The van der Waals surface area contributed by atoms with E-state index in [1.807, 2.05) is 30.3 Å². The number of tetrazole rings is 1. The summed E-state index contributed by atoms with van der Waals surface area (Å²) in [5, 5.41) is 11.5. The van der Waals surface area contributed by atoms with Crippen molar-refractivity contribution in [3.8, 4) is 5.69 Å². The van der Waals surface area contributed by atoms with E-state index in [4.69, 9.17) is 0 Å². The number of benzene rings is 1. The third kappa shape index (κ3) is 2.12. The maximum absolute atomic E-state index is 12.3. The van der Waals surface area contributed by atoms with Crippen LogP contribution in [0.15, 0.2) is 30.3 Å². The summed E-state index contributed by atoms with van der Waals surface area (Å²) in [5.74, 6) is 0.269. The minimum atomic E-state index is -0.241. The zero-order valence-electron chi connectivity index (χ0n) is 11.8. The minimum Gasteiger partial charge on any atom is -0.312 e. The van der Waals surface area contributed by atoms with E-state index in [1.165, 1.54) is 4.90 Å².